The molecule has 0 rings (SSSR count). The number of nitrogens with zero attached hydrogens (tertiary/aromatic N) is 1. The van der Waals surface area contributed by atoms with Crippen molar-refractivity contribution in [3.05, 3.63) is 60.8 Å². The molecule has 0 saturated heterocycles. The van der Waals surface area contributed by atoms with Crippen LogP contribution in [-0.4, -0.2) is 68.5 Å². The zero-order chi connectivity index (χ0) is 54.9. The third-order valence-corrected chi connectivity index (χ3v) is 15.5. The molecule has 9 heteroatoms. The van der Waals surface area contributed by atoms with Gasteiger partial charge in [-0.3, -0.25) is 9.36 Å². The van der Waals surface area contributed by atoms with Gasteiger partial charge in [-0.1, -0.05) is 299 Å². The first-order valence-electron chi connectivity index (χ1n) is 32.1. The number of rotatable bonds is 59. The normalized spacial score (nSPS) is 14.2. The number of unbranched alkanes of at least 4 members (excludes halogenated alkanes) is 36. The maximum atomic E-state index is 13.0. The van der Waals surface area contributed by atoms with E-state index in [2.05, 4.69) is 79.9 Å². The van der Waals surface area contributed by atoms with Crippen LogP contribution in [0.25, 0.3) is 0 Å². The summed E-state index contributed by atoms with van der Waals surface area (Å²) in [5.41, 5.74) is 0. The van der Waals surface area contributed by atoms with E-state index < -0.39 is 20.0 Å². The number of hydrogen-bond donors (Lipinski definition) is 2. The predicted octanol–water partition coefficient (Wildman–Crippen LogP) is 19.4. The fourth-order valence-electron chi connectivity index (χ4n) is 9.54. The van der Waals surface area contributed by atoms with E-state index in [0.717, 1.165) is 70.6 Å². The van der Waals surface area contributed by atoms with Gasteiger partial charge in [0.15, 0.2) is 0 Å². The van der Waals surface area contributed by atoms with Gasteiger partial charge < -0.3 is 28.8 Å². The fourth-order valence-corrected chi connectivity index (χ4v) is 10.3. The molecule has 75 heavy (non-hydrogen) atoms. The summed E-state index contributed by atoms with van der Waals surface area (Å²) in [6, 6.07) is -0.802. The zero-order valence-electron chi connectivity index (χ0n) is 50.3. The van der Waals surface area contributed by atoms with Crippen LogP contribution in [0, 0.1) is 0 Å². The van der Waals surface area contributed by atoms with E-state index in [4.69, 9.17) is 9.05 Å². The van der Waals surface area contributed by atoms with E-state index in [1.807, 2.05) is 21.1 Å². The van der Waals surface area contributed by atoms with Crippen molar-refractivity contribution >= 4 is 13.7 Å². The number of allylic oxidation sites excluding steroid dienone is 10. The molecule has 0 aliphatic heterocycles. The van der Waals surface area contributed by atoms with Crippen molar-refractivity contribution in [2.75, 3.05) is 40.9 Å². The highest BCUT2D eigenvalue weighted by Gasteiger charge is 2.24. The van der Waals surface area contributed by atoms with Crippen molar-refractivity contribution in [1.82, 2.24) is 5.32 Å². The summed E-state index contributed by atoms with van der Waals surface area (Å²) in [5, 5.41) is 14.1. The Balaban J connectivity index is 4.04. The van der Waals surface area contributed by atoms with E-state index in [0.29, 0.717) is 23.9 Å². The van der Waals surface area contributed by atoms with Crippen LogP contribution in [0.2, 0.25) is 0 Å². The average molecular weight is 1070 g/mol. The predicted molar refractivity (Wildman–Crippen MR) is 325 cm³/mol. The third-order valence-electron chi connectivity index (χ3n) is 14.5. The Morgan fingerprint density at radius 2 is 0.813 bits per heavy atom. The first kappa shape index (κ1) is 73.2. The average Bonchev–Trinajstić information content (AvgIpc) is 3.37. The smallest absolute Gasteiger partial charge is 0.268 e. The molecule has 0 saturated carbocycles. The minimum atomic E-state index is -4.58. The van der Waals surface area contributed by atoms with Crippen molar-refractivity contribution in [1.29, 1.82) is 0 Å². The molecule has 2 N–H and O–H groups in total. The van der Waals surface area contributed by atoms with Crippen LogP contribution < -0.4 is 10.2 Å². The van der Waals surface area contributed by atoms with Crippen LogP contribution in [0.5, 0.6) is 0 Å². The van der Waals surface area contributed by atoms with Gasteiger partial charge in [0.2, 0.25) is 5.91 Å². The molecule has 8 nitrogen and oxygen atoms in total. The Kier molecular flexibility index (Phi) is 55.5. The van der Waals surface area contributed by atoms with Crippen molar-refractivity contribution in [2.24, 2.45) is 0 Å². The molecule has 0 spiro atoms. The lowest BCUT2D eigenvalue weighted by atomic mass is 10.0. The number of carbonyl (C=O) groups is 1. The van der Waals surface area contributed by atoms with Crippen molar-refractivity contribution in [2.45, 2.75) is 315 Å². The molecule has 0 aromatic heterocycles. The monoisotopic (exact) mass is 1070 g/mol. The summed E-state index contributed by atoms with van der Waals surface area (Å²) >= 11 is 0. The zero-order valence-corrected chi connectivity index (χ0v) is 51.1. The second kappa shape index (κ2) is 56.9. The summed E-state index contributed by atoms with van der Waals surface area (Å²) in [5.74, 6) is -0.161. The number of phosphoric acid groups is 1. The second-order valence-electron chi connectivity index (χ2n) is 23.1. The van der Waals surface area contributed by atoms with Gasteiger partial charge in [0.1, 0.15) is 13.2 Å². The molecule has 0 radical (unpaired) electrons. The lowest BCUT2D eigenvalue weighted by Gasteiger charge is -2.30. The van der Waals surface area contributed by atoms with Gasteiger partial charge >= 0.3 is 0 Å². The lowest BCUT2D eigenvalue weighted by Crippen LogP contribution is -2.46. The fraction of sp³-hybridized carbons (Fsp3) is 0.833. The van der Waals surface area contributed by atoms with Crippen LogP contribution in [-0.2, 0) is 18.4 Å². The molecule has 0 heterocycles. The van der Waals surface area contributed by atoms with Gasteiger partial charge in [0.05, 0.1) is 39.9 Å². The number of phosphoric ester groups is 1. The highest BCUT2D eigenvalue weighted by atomic mass is 31.2. The quantitative estimate of drug-likeness (QED) is 0.0272. The first-order valence-corrected chi connectivity index (χ1v) is 33.6. The maximum Gasteiger partial charge on any atom is 0.268 e. The minimum Gasteiger partial charge on any atom is -0.756 e. The molecule has 3 atom stereocenters. The summed E-state index contributed by atoms with van der Waals surface area (Å²) in [6.45, 7) is 4.65. The second-order valence-corrected chi connectivity index (χ2v) is 24.5. The Morgan fingerprint density at radius 3 is 1.19 bits per heavy atom. The molecule has 3 unspecified atom stereocenters. The van der Waals surface area contributed by atoms with Crippen molar-refractivity contribution in [3.63, 3.8) is 0 Å². The Labute approximate surface area is 466 Å². The number of aliphatic hydroxyl groups is 1. The van der Waals surface area contributed by atoms with E-state index in [-0.39, 0.29) is 19.1 Å². The molecular weight excluding hydrogens is 948 g/mol. The Bertz CT molecular complexity index is 1400. The highest BCUT2D eigenvalue weighted by molar-refractivity contribution is 7.45. The van der Waals surface area contributed by atoms with Crippen LogP contribution in [0.15, 0.2) is 60.8 Å². The lowest BCUT2D eigenvalue weighted by molar-refractivity contribution is -0.870. The SMILES string of the molecule is CC/C=C\C/C=C\C/C=C\C/C=C\C/C=C\CCCCCCCCCCCCCCCCCCCC(=O)NC(COP(=O)([O-])OCC[N+](C)(C)C)C(O)CCCCCCCCCCCCCCCCCCCCCC. The molecule has 0 aliphatic rings. The maximum absolute atomic E-state index is 13.0. The number of quaternary nitrogens is 1. The Morgan fingerprint density at radius 1 is 0.480 bits per heavy atom. The first-order chi connectivity index (χ1) is 36.5. The van der Waals surface area contributed by atoms with Crippen LogP contribution in [0.3, 0.4) is 0 Å². The van der Waals surface area contributed by atoms with Crippen molar-refractivity contribution in [3.8, 4) is 0 Å². The molecule has 440 valence electrons. The van der Waals surface area contributed by atoms with E-state index >= 15 is 0 Å². The number of likely N-dealkylation sites (N-methyl/N-ethyl adjacent to an activating group) is 1. The van der Waals surface area contributed by atoms with Gasteiger partial charge in [0.25, 0.3) is 7.82 Å². The summed E-state index contributed by atoms with van der Waals surface area (Å²) in [6.07, 6.45) is 77.0. The molecular formula is C66H125N2O6P. The largest absolute Gasteiger partial charge is 0.756 e. The molecule has 0 aliphatic carbocycles. The molecule has 0 aromatic carbocycles. The standard InChI is InChI=1S/C66H125N2O6P/c1-6-8-10-12-14-16-18-20-22-24-26-28-29-30-31-32-33-34-35-36-37-38-39-40-42-44-46-48-50-52-54-56-58-60-66(70)67-64(63-74-75(71,72)73-62-61-68(3,4)5)65(69)59-57-55-53-51-49-47-45-43-41-27-25-23-21-19-17-15-13-11-9-7-2/h8,10,14,16,20,22,26,28,30-31,64-65,69H,6-7,9,11-13,15,17-19,21,23-25,27,29,32-63H2,1-5H3,(H-,67,70,71,72)/b10-8-,16-14-,22-20-,28-26-,31-30-. The number of hydrogen-bond acceptors (Lipinski definition) is 6. The van der Waals surface area contributed by atoms with Gasteiger partial charge in [-0.2, -0.15) is 0 Å². The van der Waals surface area contributed by atoms with Crippen molar-refractivity contribution < 1.29 is 32.9 Å². The summed E-state index contributed by atoms with van der Waals surface area (Å²) in [7, 11) is 1.31. The highest BCUT2D eigenvalue weighted by Crippen LogP contribution is 2.38. The van der Waals surface area contributed by atoms with E-state index in [9.17, 15) is 19.4 Å². The molecule has 0 bridgehead atoms. The van der Waals surface area contributed by atoms with E-state index in [1.54, 1.807) is 0 Å². The van der Waals surface area contributed by atoms with Crippen LogP contribution >= 0.6 is 7.82 Å². The number of carbonyl (C=O) groups excluding carboxylic acids is 1. The van der Waals surface area contributed by atoms with Gasteiger partial charge in [0, 0.05) is 6.42 Å². The van der Waals surface area contributed by atoms with Gasteiger partial charge in [-0.25, -0.2) is 0 Å². The van der Waals surface area contributed by atoms with Gasteiger partial charge in [-0.05, 0) is 57.8 Å². The number of aliphatic hydroxyl groups excluding tert-OH is 1. The van der Waals surface area contributed by atoms with Crippen LogP contribution in [0.4, 0.5) is 0 Å². The van der Waals surface area contributed by atoms with Gasteiger partial charge in [-0.15, -0.1) is 0 Å². The molecule has 0 aromatic rings. The topological polar surface area (TPSA) is 108 Å². The number of amides is 1. The van der Waals surface area contributed by atoms with Crippen LogP contribution in [0.1, 0.15) is 303 Å². The third kappa shape index (κ3) is 59.7. The summed E-state index contributed by atoms with van der Waals surface area (Å²) < 4.78 is 23.5. The minimum absolute atomic E-state index is 0.0124. The molecule has 1 amide bonds. The summed E-state index contributed by atoms with van der Waals surface area (Å²) in [4.78, 5) is 25.6. The molecule has 0 fully saturated rings. The number of nitrogens with one attached hydrogen (secondary N) is 1. The van der Waals surface area contributed by atoms with E-state index in [1.165, 1.54) is 205 Å². The Hall–Kier alpha value is -1.80.